The lowest BCUT2D eigenvalue weighted by Gasteiger charge is -2.06. The number of imidazole rings is 1. The Kier molecular flexibility index (Phi) is 4.31. The average molecular weight is 290 g/mol. The molecule has 8 heteroatoms. The zero-order valence-corrected chi connectivity index (χ0v) is 11.6. The second-order valence-electron chi connectivity index (χ2n) is 4.17. The van der Waals surface area contributed by atoms with E-state index in [4.69, 9.17) is 17.0 Å². The zero-order chi connectivity index (χ0) is 14.0. The highest BCUT2D eigenvalue weighted by atomic mass is 32.1. The predicted molar refractivity (Wildman–Crippen MR) is 70.1 cm³/mol. The summed E-state index contributed by atoms with van der Waals surface area (Å²) in [6, 6.07) is 0. The second kappa shape index (κ2) is 5.79. The van der Waals surface area contributed by atoms with Crippen molar-refractivity contribution in [3.63, 3.8) is 0 Å². The van der Waals surface area contributed by atoms with Crippen molar-refractivity contribution < 1.29 is 13.5 Å². The Labute approximate surface area is 114 Å². The largest absolute Gasteiger partial charge is 0.374 e. The highest BCUT2D eigenvalue weighted by molar-refractivity contribution is 7.71. The Bertz CT molecular complexity index is 616. The van der Waals surface area contributed by atoms with E-state index in [0.29, 0.717) is 11.3 Å². The molecular weight excluding hydrogens is 274 g/mol. The molecule has 2 aromatic heterocycles. The van der Waals surface area contributed by atoms with Crippen LogP contribution < -0.4 is 0 Å². The van der Waals surface area contributed by atoms with Crippen molar-refractivity contribution >= 4 is 23.4 Å². The van der Waals surface area contributed by atoms with E-state index in [0.717, 1.165) is 23.3 Å². The molecule has 2 rings (SSSR count). The molecule has 0 aromatic carbocycles. The monoisotopic (exact) mass is 290 g/mol. The van der Waals surface area contributed by atoms with Gasteiger partial charge in [0.25, 0.3) is 6.43 Å². The number of hydrogen-bond donors (Lipinski definition) is 1. The standard InChI is InChI=1S/C11H16F2N4OS/c1-3-7-9-10(16(2)15-7)17(11(19)14-9)4-5-18-6-8(12)13/h8H,3-6H2,1-2H3,(H,14,19). The minimum atomic E-state index is -2.44. The molecule has 0 bridgehead atoms. The van der Waals surface area contributed by atoms with Crippen LogP contribution in [0.4, 0.5) is 8.78 Å². The minimum Gasteiger partial charge on any atom is -0.374 e. The Balaban J connectivity index is 2.20. The van der Waals surface area contributed by atoms with Crippen molar-refractivity contribution in [2.45, 2.75) is 26.3 Å². The molecule has 0 saturated carbocycles. The van der Waals surface area contributed by atoms with Crippen LogP contribution in [0.2, 0.25) is 0 Å². The van der Waals surface area contributed by atoms with Gasteiger partial charge in [0, 0.05) is 7.05 Å². The van der Waals surface area contributed by atoms with Gasteiger partial charge >= 0.3 is 0 Å². The molecule has 1 N–H and O–H groups in total. The predicted octanol–water partition coefficient (Wildman–Crippen LogP) is 2.28. The van der Waals surface area contributed by atoms with Crippen LogP contribution in [0, 0.1) is 4.77 Å². The van der Waals surface area contributed by atoms with Crippen LogP contribution in [0.25, 0.3) is 11.2 Å². The fourth-order valence-electron chi connectivity index (χ4n) is 2.06. The van der Waals surface area contributed by atoms with Gasteiger partial charge in [-0.25, -0.2) is 8.78 Å². The van der Waals surface area contributed by atoms with E-state index in [-0.39, 0.29) is 6.61 Å². The van der Waals surface area contributed by atoms with Gasteiger partial charge in [-0.1, -0.05) is 6.92 Å². The smallest absolute Gasteiger partial charge is 0.261 e. The number of aromatic nitrogens is 4. The first-order valence-corrected chi connectivity index (χ1v) is 6.45. The Hall–Kier alpha value is -1.28. The van der Waals surface area contributed by atoms with Gasteiger partial charge in [-0.05, 0) is 18.6 Å². The first-order valence-electron chi connectivity index (χ1n) is 6.04. The fourth-order valence-corrected chi connectivity index (χ4v) is 2.34. The quantitative estimate of drug-likeness (QED) is 0.656. The van der Waals surface area contributed by atoms with Crippen molar-refractivity contribution in [3.8, 4) is 0 Å². The highest BCUT2D eigenvalue weighted by Crippen LogP contribution is 2.18. The lowest BCUT2D eigenvalue weighted by Crippen LogP contribution is -2.12. The number of fused-ring (bicyclic) bond motifs is 1. The molecular formula is C11H16F2N4OS. The summed E-state index contributed by atoms with van der Waals surface area (Å²) in [4.78, 5) is 3.11. The van der Waals surface area contributed by atoms with Crippen molar-refractivity contribution in [3.05, 3.63) is 10.5 Å². The number of aromatic amines is 1. The van der Waals surface area contributed by atoms with Crippen LogP contribution in [0.3, 0.4) is 0 Å². The number of nitrogens with one attached hydrogen (secondary N) is 1. The normalized spacial score (nSPS) is 11.8. The maximum atomic E-state index is 12.0. The molecule has 19 heavy (non-hydrogen) atoms. The van der Waals surface area contributed by atoms with Gasteiger partial charge in [-0.15, -0.1) is 0 Å². The summed E-state index contributed by atoms with van der Waals surface area (Å²) in [5.74, 6) is 0. The lowest BCUT2D eigenvalue weighted by atomic mass is 10.3. The third-order valence-electron chi connectivity index (χ3n) is 2.86. The van der Waals surface area contributed by atoms with Gasteiger partial charge in [-0.2, -0.15) is 5.10 Å². The number of alkyl halides is 2. The molecule has 2 heterocycles. The van der Waals surface area contributed by atoms with Gasteiger partial charge in [0.15, 0.2) is 10.4 Å². The maximum absolute atomic E-state index is 12.0. The second-order valence-corrected chi connectivity index (χ2v) is 4.56. The van der Waals surface area contributed by atoms with Gasteiger partial charge in [0.05, 0.1) is 18.8 Å². The fraction of sp³-hybridized carbons (Fsp3) is 0.636. The van der Waals surface area contributed by atoms with Gasteiger partial charge in [-0.3, -0.25) is 9.25 Å². The molecule has 0 aliphatic carbocycles. The number of ether oxygens (including phenoxy) is 1. The van der Waals surface area contributed by atoms with Crippen molar-refractivity contribution in [1.82, 2.24) is 19.3 Å². The molecule has 0 aliphatic rings. The first kappa shape index (κ1) is 14.1. The molecule has 0 amide bonds. The average Bonchev–Trinajstić information content (AvgIpc) is 2.83. The van der Waals surface area contributed by atoms with Crippen LogP contribution in [-0.2, 0) is 24.8 Å². The molecule has 0 aliphatic heterocycles. The molecule has 2 aromatic rings. The van der Waals surface area contributed by atoms with E-state index in [1.807, 2.05) is 18.5 Å². The van der Waals surface area contributed by atoms with E-state index < -0.39 is 13.0 Å². The van der Waals surface area contributed by atoms with Gasteiger partial charge in [0.2, 0.25) is 0 Å². The molecule has 5 nitrogen and oxygen atoms in total. The van der Waals surface area contributed by atoms with Crippen molar-refractivity contribution in [1.29, 1.82) is 0 Å². The maximum Gasteiger partial charge on any atom is 0.261 e. The SMILES string of the molecule is CCc1nn(C)c2c1[nH]c(=S)n2CCOCC(F)F. The molecule has 0 radical (unpaired) electrons. The first-order chi connectivity index (χ1) is 9.04. The number of rotatable bonds is 6. The van der Waals surface area contributed by atoms with Crippen molar-refractivity contribution in [2.24, 2.45) is 7.05 Å². The number of aryl methyl sites for hydroxylation is 2. The third kappa shape index (κ3) is 2.84. The third-order valence-corrected chi connectivity index (χ3v) is 3.18. The van der Waals surface area contributed by atoms with E-state index in [1.54, 1.807) is 4.68 Å². The zero-order valence-electron chi connectivity index (χ0n) is 10.8. The summed E-state index contributed by atoms with van der Waals surface area (Å²) in [7, 11) is 1.83. The van der Waals surface area contributed by atoms with Crippen molar-refractivity contribution in [2.75, 3.05) is 13.2 Å². The number of H-pyrrole nitrogens is 1. The summed E-state index contributed by atoms with van der Waals surface area (Å²) in [5.41, 5.74) is 2.71. The number of hydrogen-bond acceptors (Lipinski definition) is 3. The summed E-state index contributed by atoms with van der Waals surface area (Å²) < 4.78 is 33.0. The van der Waals surface area contributed by atoms with Crippen LogP contribution in [0.5, 0.6) is 0 Å². The van der Waals surface area contributed by atoms with Gasteiger partial charge in [0.1, 0.15) is 12.1 Å². The molecule has 0 spiro atoms. The minimum absolute atomic E-state index is 0.193. The van der Waals surface area contributed by atoms with Gasteiger partial charge < -0.3 is 9.72 Å². The number of nitrogens with zero attached hydrogens (tertiary/aromatic N) is 3. The molecule has 0 saturated heterocycles. The van der Waals surface area contributed by atoms with Crippen LogP contribution >= 0.6 is 12.2 Å². The van der Waals surface area contributed by atoms with E-state index in [1.165, 1.54) is 0 Å². The Morgan fingerprint density at radius 1 is 1.47 bits per heavy atom. The summed E-state index contributed by atoms with van der Waals surface area (Å²) in [6.07, 6.45) is -1.64. The molecule has 0 unspecified atom stereocenters. The van der Waals surface area contributed by atoms with E-state index in [9.17, 15) is 8.78 Å². The van der Waals surface area contributed by atoms with Crippen LogP contribution in [0.15, 0.2) is 0 Å². The van der Waals surface area contributed by atoms with Crippen LogP contribution in [-0.4, -0.2) is 39.0 Å². The van der Waals surface area contributed by atoms with Crippen LogP contribution in [0.1, 0.15) is 12.6 Å². The summed E-state index contributed by atoms with van der Waals surface area (Å²) >= 11 is 5.24. The Morgan fingerprint density at radius 2 is 2.21 bits per heavy atom. The lowest BCUT2D eigenvalue weighted by molar-refractivity contribution is 0.0149. The summed E-state index contributed by atoms with van der Waals surface area (Å²) in [5, 5.41) is 4.38. The highest BCUT2D eigenvalue weighted by Gasteiger charge is 2.14. The number of halogens is 2. The molecule has 0 atom stereocenters. The van der Waals surface area contributed by atoms with E-state index in [2.05, 4.69) is 10.1 Å². The Morgan fingerprint density at radius 3 is 2.84 bits per heavy atom. The summed E-state index contributed by atoms with van der Waals surface area (Å²) in [6.45, 7) is 2.08. The molecule has 0 fully saturated rings. The van der Waals surface area contributed by atoms with E-state index >= 15 is 0 Å². The topological polar surface area (TPSA) is 47.8 Å². The molecule has 106 valence electrons.